The molecule has 0 atom stereocenters. The number of carbonyl (C=O) groups is 2. The second-order valence-corrected chi connectivity index (χ2v) is 7.06. The number of carbonyl (C=O) groups excluding carboxylic acids is 2. The molecule has 170 valence electrons. The van der Waals surface area contributed by atoms with Gasteiger partial charge >= 0.3 is 0 Å². The molecule has 0 spiro atoms. The number of methoxy groups -OCH3 is 1. The Morgan fingerprint density at radius 2 is 1.82 bits per heavy atom. The maximum atomic E-state index is 13.3. The second kappa shape index (κ2) is 11.5. The minimum absolute atomic E-state index is 0.227. The number of benzene rings is 3. The van der Waals surface area contributed by atoms with Crippen molar-refractivity contribution < 1.29 is 23.5 Å². The summed E-state index contributed by atoms with van der Waals surface area (Å²) in [7, 11) is 1.56. The van der Waals surface area contributed by atoms with E-state index in [1.807, 2.05) is 19.1 Å². The first-order chi connectivity index (χ1) is 16.0. The number of hydrogen-bond acceptors (Lipinski definition) is 4. The molecule has 33 heavy (non-hydrogen) atoms. The zero-order chi connectivity index (χ0) is 23.6. The quantitative estimate of drug-likeness (QED) is 0.461. The van der Waals surface area contributed by atoms with E-state index in [2.05, 4.69) is 10.6 Å². The Morgan fingerprint density at radius 1 is 1.00 bits per heavy atom. The minimum Gasteiger partial charge on any atom is -0.493 e. The van der Waals surface area contributed by atoms with Gasteiger partial charge in [-0.25, -0.2) is 4.39 Å². The zero-order valence-corrected chi connectivity index (χ0v) is 18.4. The molecule has 0 aliphatic heterocycles. The standard InChI is InChI=1S/C26H25FN2O4/c1-3-33-23-12-10-18(15-24(23)32-2)11-13-25(30)28-17-19-6-4-9-22(14-19)29-26(31)20-7-5-8-21(27)16-20/h4-16H,3,17H2,1-2H3,(H,28,30)(H,29,31). The molecule has 3 aromatic rings. The Labute approximate surface area is 192 Å². The van der Waals surface area contributed by atoms with Crippen LogP contribution in [-0.2, 0) is 11.3 Å². The van der Waals surface area contributed by atoms with Crippen molar-refractivity contribution in [1.29, 1.82) is 0 Å². The zero-order valence-electron chi connectivity index (χ0n) is 18.4. The number of nitrogens with one attached hydrogen (secondary N) is 2. The topological polar surface area (TPSA) is 76.7 Å². The summed E-state index contributed by atoms with van der Waals surface area (Å²) in [6.45, 7) is 2.70. The maximum absolute atomic E-state index is 13.3. The van der Waals surface area contributed by atoms with Gasteiger partial charge in [0.15, 0.2) is 11.5 Å². The Balaban J connectivity index is 1.56. The predicted molar refractivity (Wildman–Crippen MR) is 126 cm³/mol. The molecule has 0 bridgehead atoms. The van der Waals surface area contributed by atoms with E-state index in [1.165, 1.54) is 30.3 Å². The van der Waals surface area contributed by atoms with E-state index in [-0.39, 0.29) is 18.0 Å². The normalized spacial score (nSPS) is 10.6. The Kier molecular flexibility index (Phi) is 8.18. The largest absolute Gasteiger partial charge is 0.493 e. The Morgan fingerprint density at radius 3 is 2.58 bits per heavy atom. The van der Waals surface area contributed by atoms with Gasteiger partial charge in [-0.1, -0.05) is 24.3 Å². The average Bonchev–Trinajstić information content (AvgIpc) is 2.82. The lowest BCUT2D eigenvalue weighted by Crippen LogP contribution is -2.20. The molecule has 0 aliphatic rings. The molecule has 0 aliphatic carbocycles. The number of hydrogen-bond donors (Lipinski definition) is 2. The van der Waals surface area contributed by atoms with Gasteiger partial charge in [-0.05, 0) is 66.6 Å². The molecule has 0 fully saturated rings. The highest BCUT2D eigenvalue weighted by atomic mass is 19.1. The monoisotopic (exact) mass is 448 g/mol. The van der Waals surface area contributed by atoms with Gasteiger partial charge in [0.1, 0.15) is 5.82 Å². The Hall–Kier alpha value is -4.13. The third-order valence-electron chi connectivity index (χ3n) is 4.65. The van der Waals surface area contributed by atoms with E-state index in [1.54, 1.807) is 43.5 Å². The van der Waals surface area contributed by atoms with Crippen molar-refractivity contribution >= 4 is 23.6 Å². The summed E-state index contributed by atoms with van der Waals surface area (Å²) < 4.78 is 24.1. The fourth-order valence-electron chi connectivity index (χ4n) is 3.07. The highest BCUT2D eigenvalue weighted by molar-refractivity contribution is 6.04. The summed E-state index contributed by atoms with van der Waals surface area (Å²) in [5, 5.41) is 5.54. The lowest BCUT2D eigenvalue weighted by Gasteiger charge is -2.09. The fraction of sp³-hybridized carbons (Fsp3) is 0.154. The van der Waals surface area contributed by atoms with Gasteiger partial charge in [-0.15, -0.1) is 0 Å². The molecule has 0 saturated carbocycles. The first-order valence-corrected chi connectivity index (χ1v) is 10.4. The van der Waals surface area contributed by atoms with Crippen molar-refractivity contribution in [2.24, 2.45) is 0 Å². The van der Waals surface area contributed by atoms with Crippen LogP contribution >= 0.6 is 0 Å². The van der Waals surface area contributed by atoms with Crippen LogP contribution in [0.15, 0.2) is 72.8 Å². The SMILES string of the molecule is CCOc1ccc(C=CC(=O)NCc2cccc(NC(=O)c3cccc(F)c3)c2)cc1OC. The number of amides is 2. The molecule has 0 saturated heterocycles. The van der Waals surface area contributed by atoms with Crippen molar-refractivity contribution in [2.45, 2.75) is 13.5 Å². The molecule has 2 N–H and O–H groups in total. The van der Waals surface area contributed by atoms with Crippen LogP contribution in [0.5, 0.6) is 11.5 Å². The van der Waals surface area contributed by atoms with Crippen LogP contribution in [0, 0.1) is 5.82 Å². The van der Waals surface area contributed by atoms with Crippen LogP contribution in [0.2, 0.25) is 0 Å². The third kappa shape index (κ3) is 6.93. The first kappa shape index (κ1) is 23.5. The van der Waals surface area contributed by atoms with Gasteiger partial charge in [0.2, 0.25) is 5.91 Å². The lowest BCUT2D eigenvalue weighted by atomic mass is 10.1. The number of ether oxygens (including phenoxy) is 2. The van der Waals surface area contributed by atoms with Crippen LogP contribution in [0.1, 0.15) is 28.4 Å². The predicted octanol–water partition coefficient (Wildman–Crippen LogP) is 4.81. The van der Waals surface area contributed by atoms with E-state index in [0.717, 1.165) is 11.1 Å². The van der Waals surface area contributed by atoms with Crippen LogP contribution < -0.4 is 20.1 Å². The van der Waals surface area contributed by atoms with Crippen molar-refractivity contribution in [3.05, 3.63) is 95.3 Å². The molecule has 0 radical (unpaired) electrons. The summed E-state index contributed by atoms with van der Waals surface area (Å²) in [6.07, 6.45) is 3.12. The maximum Gasteiger partial charge on any atom is 0.255 e. The van der Waals surface area contributed by atoms with Crippen LogP contribution in [-0.4, -0.2) is 25.5 Å². The third-order valence-corrected chi connectivity index (χ3v) is 4.65. The van der Waals surface area contributed by atoms with Gasteiger partial charge in [0.25, 0.3) is 5.91 Å². The van der Waals surface area contributed by atoms with Gasteiger partial charge in [0.05, 0.1) is 13.7 Å². The molecular formula is C26H25FN2O4. The van der Waals surface area contributed by atoms with E-state index >= 15 is 0 Å². The van der Waals surface area contributed by atoms with Gasteiger partial charge < -0.3 is 20.1 Å². The van der Waals surface area contributed by atoms with Crippen LogP contribution in [0.25, 0.3) is 6.08 Å². The fourth-order valence-corrected chi connectivity index (χ4v) is 3.07. The van der Waals surface area contributed by atoms with E-state index < -0.39 is 11.7 Å². The highest BCUT2D eigenvalue weighted by Gasteiger charge is 2.08. The minimum atomic E-state index is -0.476. The summed E-state index contributed by atoms with van der Waals surface area (Å²) in [5.41, 5.74) is 2.38. The second-order valence-electron chi connectivity index (χ2n) is 7.06. The van der Waals surface area contributed by atoms with Crippen molar-refractivity contribution in [1.82, 2.24) is 5.32 Å². The van der Waals surface area contributed by atoms with Crippen molar-refractivity contribution in [3.8, 4) is 11.5 Å². The van der Waals surface area contributed by atoms with Gasteiger partial charge in [-0.2, -0.15) is 0 Å². The molecule has 0 aromatic heterocycles. The lowest BCUT2D eigenvalue weighted by molar-refractivity contribution is -0.116. The van der Waals surface area contributed by atoms with Crippen molar-refractivity contribution in [2.75, 3.05) is 19.0 Å². The first-order valence-electron chi connectivity index (χ1n) is 10.4. The van der Waals surface area contributed by atoms with Gasteiger partial charge in [0, 0.05) is 23.9 Å². The molecule has 7 heteroatoms. The number of rotatable bonds is 9. The number of halogens is 1. The summed E-state index contributed by atoms with van der Waals surface area (Å²) in [6, 6.07) is 18.0. The summed E-state index contributed by atoms with van der Waals surface area (Å²) in [4.78, 5) is 24.5. The highest BCUT2D eigenvalue weighted by Crippen LogP contribution is 2.28. The van der Waals surface area contributed by atoms with E-state index in [0.29, 0.717) is 23.8 Å². The van der Waals surface area contributed by atoms with E-state index in [4.69, 9.17) is 9.47 Å². The van der Waals surface area contributed by atoms with Crippen LogP contribution in [0.3, 0.4) is 0 Å². The van der Waals surface area contributed by atoms with Crippen LogP contribution in [0.4, 0.5) is 10.1 Å². The molecular weight excluding hydrogens is 423 g/mol. The molecule has 3 rings (SSSR count). The van der Waals surface area contributed by atoms with Crippen molar-refractivity contribution in [3.63, 3.8) is 0 Å². The number of anilines is 1. The summed E-state index contributed by atoms with van der Waals surface area (Å²) in [5.74, 6) is 0.0831. The summed E-state index contributed by atoms with van der Waals surface area (Å²) >= 11 is 0. The average molecular weight is 448 g/mol. The molecule has 0 unspecified atom stereocenters. The molecule has 3 aromatic carbocycles. The molecule has 2 amide bonds. The van der Waals surface area contributed by atoms with E-state index in [9.17, 15) is 14.0 Å². The molecule has 6 nitrogen and oxygen atoms in total. The van der Waals surface area contributed by atoms with Gasteiger partial charge in [-0.3, -0.25) is 9.59 Å². The smallest absolute Gasteiger partial charge is 0.255 e. The molecule has 0 heterocycles. The Bertz CT molecular complexity index is 1160.